The summed E-state index contributed by atoms with van der Waals surface area (Å²) in [5.74, 6) is -0.410. The normalized spacial score (nSPS) is 40.9. The second-order valence-corrected chi connectivity index (χ2v) is 9.68. The monoisotopic (exact) mass is 380 g/mol. The molecule has 0 aromatic carbocycles. The minimum absolute atomic E-state index is 0.0434. The van der Waals surface area contributed by atoms with Crippen molar-refractivity contribution in [2.75, 3.05) is 13.2 Å². The summed E-state index contributed by atoms with van der Waals surface area (Å²) in [7, 11) is 0. The predicted molar refractivity (Wildman–Crippen MR) is 98.6 cm³/mol. The number of hydrogen-bond donors (Lipinski definition) is 2. The Hall–Kier alpha value is -1.40. The van der Waals surface area contributed by atoms with Crippen LogP contribution in [0.25, 0.3) is 0 Å². The van der Waals surface area contributed by atoms with Crippen molar-refractivity contribution in [3.8, 4) is 0 Å². The van der Waals surface area contributed by atoms with E-state index in [1.165, 1.54) is 6.92 Å². The predicted octanol–water partition coefficient (Wildman–Crippen LogP) is 2.37. The van der Waals surface area contributed by atoms with Gasteiger partial charge in [-0.05, 0) is 62.7 Å². The van der Waals surface area contributed by atoms with E-state index in [9.17, 15) is 19.8 Å². The molecular formula is C21H32O6. The lowest BCUT2D eigenvalue weighted by Crippen LogP contribution is -2.63. The number of aliphatic hydroxyl groups is 2. The van der Waals surface area contributed by atoms with E-state index < -0.39 is 23.1 Å². The highest BCUT2D eigenvalue weighted by atomic mass is 16.6. The summed E-state index contributed by atoms with van der Waals surface area (Å²) in [6.45, 7) is 8.82. The van der Waals surface area contributed by atoms with Crippen LogP contribution < -0.4 is 0 Å². The van der Waals surface area contributed by atoms with Crippen LogP contribution in [0.2, 0.25) is 0 Å². The Morgan fingerprint density at radius 3 is 2.56 bits per heavy atom. The fourth-order valence-electron chi connectivity index (χ4n) is 6.15. The highest BCUT2D eigenvalue weighted by molar-refractivity contribution is 5.86. The van der Waals surface area contributed by atoms with Crippen molar-refractivity contribution < 1.29 is 29.3 Å². The Bertz CT molecular complexity index is 641. The maximum atomic E-state index is 13.0. The van der Waals surface area contributed by atoms with E-state index in [-0.39, 0.29) is 42.0 Å². The zero-order valence-electron chi connectivity index (χ0n) is 16.6. The largest absolute Gasteiger partial charge is 0.462 e. The Morgan fingerprint density at radius 1 is 1.22 bits per heavy atom. The Kier molecular flexibility index (Phi) is 5.19. The first-order valence-electron chi connectivity index (χ1n) is 9.89. The number of ether oxygens (including phenoxy) is 2. The Labute approximate surface area is 160 Å². The van der Waals surface area contributed by atoms with Crippen LogP contribution in [-0.4, -0.2) is 47.1 Å². The number of rotatable bonds is 6. The van der Waals surface area contributed by atoms with Gasteiger partial charge in [0, 0.05) is 5.57 Å². The minimum Gasteiger partial charge on any atom is -0.462 e. The van der Waals surface area contributed by atoms with Crippen molar-refractivity contribution >= 4 is 11.9 Å². The molecule has 3 aliphatic carbocycles. The summed E-state index contributed by atoms with van der Waals surface area (Å²) in [5.41, 5.74) is -1.28. The third-order valence-electron chi connectivity index (χ3n) is 6.89. The standard InChI is InChI=1S/C21H32O6/c1-13(2)17(23)26-8-15(22)9-27-18(24)20-7-14(3)16-5-6-19(4,10-20)11-21(16,25)12-20/h14-16,22,25H,1,5-12H2,2-4H3. The van der Waals surface area contributed by atoms with Gasteiger partial charge in [0.1, 0.15) is 19.3 Å². The molecule has 3 rings (SSSR count). The molecule has 0 amide bonds. The van der Waals surface area contributed by atoms with E-state index in [4.69, 9.17) is 9.47 Å². The molecular weight excluding hydrogens is 348 g/mol. The van der Waals surface area contributed by atoms with Gasteiger partial charge in [-0.2, -0.15) is 0 Å². The molecule has 6 atom stereocenters. The van der Waals surface area contributed by atoms with Crippen molar-refractivity contribution in [3.05, 3.63) is 12.2 Å². The third kappa shape index (κ3) is 3.79. The van der Waals surface area contributed by atoms with Crippen molar-refractivity contribution in [2.24, 2.45) is 22.7 Å². The number of carbonyl (C=O) groups is 2. The number of fused-ring (bicyclic) bond motifs is 2. The summed E-state index contributed by atoms with van der Waals surface area (Å²) in [6.07, 6.45) is 3.61. The lowest BCUT2D eigenvalue weighted by Gasteiger charge is -2.63. The first-order chi connectivity index (χ1) is 12.5. The highest BCUT2D eigenvalue weighted by Crippen LogP contribution is 2.66. The van der Waals surface area contributed by atoms with Gasteiger partial charge in [0.05, 0.1) is 11.0 Å². The summed E-state index contributed by atoms with van der Waals surface area (Å²) in [6, 6.07) is 0. The van der Waals surface area contributed by atoms with E-state index in [1.54, 1.807) is 0 Å². The molecule has 6 heteroatoms. The number of carbonyl (C=O) groups excluding carboxylic acids is 2. The summed E-state index contributed by atoms with van der Waals surface area (Å²) in [4.78, 5) is 24.4. The van der Waals surface area contributed by atoms with Crippen LogP contribution in [0.1, 0.15) is 59.3 Å². The zero-order valence-corrected chi connectivity index (χ0v) is 16.6. The smallest absolute Gasteiger partial charge is 0.333 e. The van der Waals surface area contributed by atoms with Crippen LogP contribution in [0.4, 0.5) is 0 Å². The average molecular weight is 380 g/mol. The van der Waals surface area contributed by atoms with Crippen LogP contribution in [0.5, 0.6) is 0 Å². The molecule has 0 saturated heterocycles. The average Bonchev–Trinajstić information content (AvgIpc) is 2.54. The quantitative estimate of drug-likeness (QED) is 0.543. The summed E-state index contributed by atoms with van der Waals surface area (Å²) >= 11 is 0. The van der Waals surface area contributed by atoms with Crippen molar-refractivity contribution in [2.45, 2.75) is 71.0 Å². The lowest BCUT2D eigenvalue weighted by molar-refractivity contribution is -0.224. The number of esters is 2. The first kappa shape index (κ1) is 20.3. The van der Waals surface area contributed by atoms with Gasteiger partial charge in [-0.25, -0.2) is 4.79 Å². The number of aliphatic hydroxyl groups excluding tert-OH is 1. The molecule has 3 fully saturated rings. The second kappa shape index (κ2) is 6.89. The molecule has 27 heavy (non-hydrogen) atoms. The van der Waals surface area contributed by atoms with Gasteiger partial charge in [-0.1, -0.05) is 20.4 Å². The van der Waals surface area contributed by atoms with E-state index in [0.29, 0.717) is 6.42 Å². The minimum atomic E-state index is -1.08. The van der Waals surface area contributed by atoms with Gasteiger partial charge >= 0.3 is 11.9 Å². The maximum absolute atomic E-state index is 13.0. The van der Waals surface area contributed by atoms with E-state index in [1.807, 2.05) is 0 Å². The topological polar surface area (TPSA) is 93.1 Å². The van der Waals surface area contributed by atoms with Crippen molar-refractivity contribution in [1.82, 2.24) is 0 Å². The van der Waals surface area contributed by atoms with Gasteiger partial charge < -0.3 is 19.7 Å². The van der Waals surface area contributed by atoms with Crippen LogP contribution >= 0.6 is 0 Å². The maximum Gasteiger partial charge on any atom is 0.333 e. The van der Waals surface area contributed by atoms with Gasteiger partial charge in [0.15, 0.2) is 0 Å². The molecule has 0 heterocycles. The molecule has 0 radical (unpaired) electrons. The SMILES string of the molecule is C=C(C)C(=O)OCC(O)COC(=O)C12CC(C)C3CCC(C)(C1)CC3(O)C2. The Balaban J connectivity index is 1.64. The van der Waals surface area contributed by atoms with Gasteiger partial charge in [0.25, 0.3) is 0 Å². The first-order valence-corrected chi connectivity index (χ1v) is 9.89. The molecule has 0 aromatic heterocycles. The molecule has 3 saturated carbocycles. The van der Waals surface area contributed by atoms with E-state index in [2.05, 4.69) is 20.4 Å². The molecule has 3 aliphatic rings. The molecule has 2 N–H and O–H groups in total. The second-order valence-electron chi connectivity index (χ2n) is 9.68. The molecule has 6 unspecified atom stereocenters. The van der Waals surface area contributed by atoms with E-state index >= 15 is 0 Å². The number of hydrogen-bond acceptors (Lipinski definition) is 6. The fraction of sp³-hybridized carbons (Fsp3) is 0.810. The van der Waals surface area contributed by atoms with Gasteiger partial charge in [-0.3, -0.25) is 4.79 Å². The van der Waals surface area contributed by atoms with Crippen molar-refractivity contribution in [3.63, 3.8) is 0 Å². The Morgan fingerprint density at radius 2 is 1.89 bits per heavy atom. The fourth-order valence-corrected chi connectivity index (χ4v) is 6.15. The zero-order chi connectivity index (χ0) is 20.0. The molecule has 0 aliphatic heterocycles. The summed E-state index contributed by atoms with van der Waals surface area (Å²) < 4.78 is 10.3. The molecule has 3 bridgehead atoms. The molecule has 152 valence electrons. The van der Waals surface area contributed by atoms with Gasteiger partial charge in [-0.15, -0.1) is 0 Å². The summed E-state index contributed by atoms with van der Waals surface area (Å²) in [5, 5.41) is 21.3. The third-order valence-corrected chi connectivity index (χ3v) is 6.89. The van der Waals surface area contributed by atoms with Crippen LogP contribution in [0, 0.1) is 22.7 Å². The van der Waals surface area contributed by atoms with Crippen LogP contribution in [-0.2, 0) is 19.1 Å². The van der Waals surface area contributed by atoms with E-state index in [0.717, 1.165) is 32.1 Å². The van der Waals surface area contributed by atoms with Gasteiger partial charge in [0.2, 0.25) is 0 Å². The highest BCUT2D eigenvalue weighted by Gasteiger charge is 2.65. The molecule has 0 spiro atoms. The molecule has 6 nitrogen and oxygen atoms in total. The van der Waals surface area contributed by atoms with Crippen LogP contribution in [0.3, 0.4) is 0 Å². The van der Waals surface area contributed by atoms with Crippen LogP contribution in [0.15, 0.2) is 12.2 Å². The lowest BCUT2D eigenvalue weighted by atomic mass is 9.43. The molecule has 0 aromatic rings. The van der Waals surface area contributed by atoms with Crippen molar-refractivity contribution in [1.29, 1.82) is 0 Å².